The van der Waals surface area contributed by atoms with Crippen molar-refractivity contribution < 1.29 is 18.7 Å². The number of halogens is 3. The molecule has 0 saturated heterocycles. The SMILES string of the molecule is CC(=O)N[C@@H](CCc1cc(F)cc(F)c1)[C@H](O)CN[C@H]1CCCc2c(Br)cccc21. The number of carbonyl (C=O) groups is 1. The van der Waals surface area contributed by atoms with Gasteiger partial charge in [0.05, 0.1) is 12.1 Å². The van der Waals surface area contributed by atoms with E-state index in [0.717, 1.165) is 29.8 Å². The molecule has 7 heteroatoms. The fourth-order valence-corrected chi connectivity index (χ4v) is 4.70. The molecule has 0 aliphatic heterocycles. The summed E-state index contributed by atoms with van der Waals surface area (Å²) in [5, 5.41) is 16.9. The van der Waals surface area contributed by atoms with Crippen LogP contribution in [0.15, 0.2) is 40.9 Å². The number of nitrogens with one attached hydrogen (secondary N) is 2. The summed E-state index contributed by atoms with van der Waals surface area (Å²) in [5.41, 5.74) is 3.02. The van der Waals surface area contributed by atoms with Crippen molar-refractivity contribution in [1.29, 1.82) is 0 Å². The molecule has 0 fully saturated rings. The number of fused-ring (bicyclic) bond motifs is 1. The van der Waals surface area contributed by atoms with Gasteiger partial charge in [0.2, 0.25) is 5.91 Å². The number of hydrogen-bond acceptors (Lipinski definition) is 3. The van der Waals surface area contributed by atoms with Gasteiger partial charge in [-0.05, 0) is 67.0 Å². The Morgan fingerprint density at radius 1 is 1.27 bits per heavy atom. The molecule has 1 amide bonds. The highest BCUT2D eigenvalue weighted by molar-refractivity contribution is 9.10. The topological polar surface area (TPSA) is 61.4 Å². The summed E-state index contributed by atoms with van der Waals surface area (Å²) in [6.45, 7) is 1.70. The summed E-state index contributed by atoms with van der Waals surface area (Å²) < 4.78 is 28.0. The lowest BCUT2D eigenvalue weighted by Gasteiger charge is -2.30. The average Bonchev–Trinajstić information content (AvgIpc) is 2.68. The second-order valence-electron chi connectivity index (χ2n) is 7.85. The summed E-state index contributed by atoms with van der Waals surface area (Å²) in [6.07, 6.45) is 2.95. The zero-order chi connectivity index (χ0) is 21.7. The third kappa shape index (κ3) is 6.09. The number of aliphatic hydroxyl groups excluding tert-OH is 1. The molecule has 0 unspecified atom stereocenters. The smallest absolute Gasteiger partial charge is 0.217 e. The van der Waals surface area contributed by atoms with E-state index >= 15 is 0 Å². The molecular formula is C23H27BrF2N2O2. The van der Waals surface area contributed by atoms with Crippen molar-refractivity contribution in [2.75, 3.05) is 6.54 Å². The van der Waals surface area contributed by atoms with Crippen LogP contribution in [0.3, 0.4) is 0 Å². The Morgan fingerprint density at radius 3 is 2.70 bits per heavy atom. The van der Waals surface area contributed by atoms with Gasteiger partial charge in [-0.3, -0.25) is 4.79 Å². The predicted molar refractivity (Wildman–Crippen MR) is 116 cm³/mol. The summed E-state index contributed by atoms with van der Waals surface area (Å²) in [6, 6.07) is 9.14. The highest BCUT2D eigenvalue weighted by atomic mass is 79.9. The van der Waals surface area contributed by atoms with Crippen molar-refractivity contribution >= 4 is 21.8 Å². The van der Waals surface area contributed by atoms with Crippen molar-refractivity contribution in [3.63, 3.8) is 0 Å². The number of amides is 1. The van der Waals surface area contributed by atoms with Crippen molar-refractivity contribution in [2.45, 2.75) is 57.2 Å². The minimum atomic E-state index is -0.829. The van der Waals surface area contributed by atoms with Gasteiger partial charge in [0.1, 0.15) is 11.6 Å². The van der Waals surface area contributed by atoms with Gasteiger partial charge < -0.3 is 15.7 Å². The van der Waals surface area contributed by atoms with Crippen LogP contribution >= 0.6 is 15.9 Å². The number of aliphatic hydroxyl groups is 1. The molecule has 3 N–H and O–H groups in total. The molecule has 0 saturated carbocycles. The first-order chi connectivity index (χ1) is 14.3. The molecule has 30 heavy (non-hydrogen) atoms. The summed E-state index contributed by atoms with van der Waals surface area (Å²) in [4.78, 5) is 11.6. The highest BCUT2D eigenvalue weighted by Crippen LogP contribution is 2.34. The Labute approximate surface area is 184 Å². The first-order valence-electron chi connectivity index (χ1n) is 10.2. The van der Waals surface area contributed by atoms with E-state index in [9.17, 15) is 18.7 Å². The largest absolute Gasteiger partial charge is 0.390 e. The third-order valence-electron chi connectivity index (χ3n) is 5.54. The Balaban J connectivity index is 1.62. The van der Waals surface area contributed by atoms with Crippen LogP contribution in [0, 0.1) is 11.6 Å². The van der Waals surface area contributed by atoms with E-state index in [1.165, 1.54) is 30.2 Å². The van der Waals surface area contributed by atoms with Gasteiger partial charge in [-0.15, -0.1) is 0 Å². The minimum absolute atomic E-state index is 0.135. The molecule has 4 nitrogen and oxygen atoms in total. The molecule has 3 rings (SSSR count). The normalized spacial score (nSPS) is 17.8. The maximum Gasteiger partial charge on any atom is 0.217 e. The Kier molecular flexibility index (Phi) is 7.97. The molecular weight excluding hydrogens is 454 g/mol. The molecule has 162 valence electrons. The van der Waals surface area contributed by atoms with Crippen LogP contribution in [0.4, 0.5) is 8.78 Å². The molecule has 2 aromatic rings. The Bertz CT molecular complexity index is 873. The molecule has 0 spiro atoms. The van der Waals surface area contributed by atoms with Crippen LogP contribution < -0.4 is 10.6 Å². The average molecular weight is 481 g/mol. The molecule has 3 atom stereocenters. The molecule has 0 aromatic heterocycles. The summed E-state index contributed by atoms with van der Waals surface area (Å²) >= 11 is 3.61. The second kappa shape index (κ2) is 10.5. The van der Waals surface area contributed by atoms with E-state index in [-0.39, 0.29) is 11.9 Å². The van der Waals surface area contributed by atoms with E-state index in [2.05, 4.69) is 32.6 Å². The highest BCUT2D eigenvalue weighted by Gasteiger charge is 2.25. The van der Waals surface area contributed by atoms with E-state index in [1.54, 1.807) is 0 Å². The van der Waals surface area contributed by atoms with Crippen molar-refractivity contribution in [2.24, 2.45) is 0 Å². The van der Waals surface area contributed by atoms with E-state index in [0.29, 0.717) is 24.9 Å². The van der Waals surface area contributed by atoms with Gasteiger partial charge in [-0.1, -0.05) is 28.1 Å². The van der Waals surface area contributed by atoms with Crippen molar-refractivity contribution in [3.05, 3.63) is 69.2 Å². The lowest BCUT2D eigenvalue weighted by molar-refractivity contribution is -0.120. The van der Waals surface area contributed by atoms with Gasteiger partial charge in [0.15, 0.2) is 0 Å². The maximum absolute atomic E-state index is 13.4. The second-order valence-corrected chi connectivity index (χ2v) is 8.71. The van der Waals surface area contributed by atoms with Gasteiger partial charge in [0, 0.05) is 30.0 Å². The zero-order valence-corrected chi connectivity index (χ0v) is 18.5. The van der Waals surface area contributed by atoms with Crippen LogP contribution in [0.1, 0.15) is 48.9 Å². The number of hydrogen-bond donors (Lipinski definition) is 3. The van der Waals surface area contributed by atoms with E-state index < -0.39 is 23.8 Å². The number of benzene rings is 2. The number of aryl methyl sites for hydroxylation is 1. The Hall–Kier alpha value is -1.83. The molecule has 1 aliphatic carbocycles. The Morgan fingerprint density at radius 2 is 2.00 bits per heavy atom. The maximum atomic E-state index is 13.4. The van der Waals surface area contributed by atoms with Gasteiger partial charge in [0.25, 0.3) is 0 Å². The van der Waals surface area contributed by atoms with Crippen LogP contribution in [-0.2, 0) is 17.6 Å². The number of rotatable bonds is 8. The first kappa shape index (κ1) is 22.8. The molecule has 2 aromatic carbocycles. The third-order valence-corrected chi connectivity index (χ3v) is 6.29. The van der Waals surface area contributed by atoms with Gasteiger partial charge >= 0.3 is 0 Å². The standard InChI is InChI=1S/C23H27BrF2N2O2/c1-14(29)28-22(9-8-15-10-16(25)12-17(26)11-15)23(30)13-27-21-7-3-4-18-19(21)5-2-6-20(18)24/h2,5-6,10-12,21-23,27,30H,3-4,7-9,13H2,1H3,(H,28,29)/t21-,22-,23+/m0/s1. The predicted octanol–water partition coefficient (Wildman–Crippen LogP) is 4.19. The first-order valence-corrected chi connectivity index (χ1v) is 11.0. The fourth-order valence-electron chi connectivity index (χ4n) is 4.12. The van der Waals surface area contributed by atoms with Crippen molar-refractivity contribution in [1.82, 2.24) is 10.6 Å². The van der Waals surface area contributed by atoms with E-state index in [1.807, 2.05) is 12.1 Å². The fraction of sp³-hybridized carbons (Fsp3) is 0.435. The molecule has 0 heterocycles. The molecule has 1 aliphatic rings. The molecule has 0 bridgehead atoms. The lowest BCUT2D eigenvalue weighted by Crippen LogP contribution is -2.47. The van der Waals surface area contributed by atoms with Crippen LogP contribution in [0.25, 0.3) is 0 Å². The summed E-state index contributed by atoms with van der Waals surface area (Å²) in [7, 11) is 0. The monoisotopic (exact) mass is 480 g/mol. The minimum Gasteiger partial charge on any atom is -0.390 e. The summed E-state index contributed by atoms with van der Waals surface area (Å²) in [5.74, 6) is -1.52. The van der Waals surface area contributed by atoms with Crippen LogP contribution in [0.5, 0.6) is 0 Å². The zero-order valence-electron chi connectivity index (χ0n) is 16.9. The number of carbonyl (C=O) groups excluding carboxylic acids is 1. The van der Waals surface area contributed by atoms with E-state index in [4.69, 9.17) is 0 Å². The van der Waals surface area contributed by atoms with Gasteiger partial charge in [-0.25, -0.2) is 8.78 Å². The van der Waals surface area contributed by atoms with Crippen LogP contribution in [0.2, 0.25) is 0 Å². The van der Waals surface area contributed by atoms with Crippen molar-refractivity contribution in [3.8, 4) is 0 Å². The lowest BCUT2D eigenvalue weighted by atomic mass is 9.87. The molecule has 0 radical (unpaired) electrons. The van der Waals surface area contributed by atoms with Gasteiger partial charge in [-0.2, -0.15) is 0 Å². The van der Waals surface area contributed by atoms with Crippen LogP contribution in [-0.4, -0.2) is 29.7 Å². The quantitative estimate of drug-likeness (QED) is 0.530.